The Labute approximate surface area is 106 Å². The summed E-state index contributed by atoms with van der Waals surface area (Å²) >= 11 is 0. The number of hydrogen-bond acceptors (Lipinski definition) is 3. The molecule has 0 bridgehead atoms. The van der Waals surface area contributed by atoms with Crippen LogP contribution in [0, 0.1) is 19.7 Å². The van der Waals surface area contributed by atoms with Crippen LogP contribution in [-0.4, -0.2) is 9.97 Å². The SMILES string of the molecule is Cc1cnc(CNCc2ccc(F)cc2C)cn1. The summed E-state index contributed by atoms with van der Waals surface area (Å²) in [6.45, 7) is 5.17. The van der Waals surface area contributed by atoms with Gasteiger partial charge in [-0.3, -0.25) is 9.97 Å². The van der Waals surface area contributed by atoms with Crippen molar-refractivity contribution in [2.24, 2.45) is 0 Å². The number of nitrogens with zero attached hydrogens (tertiary/aromatic N) is 2. The van der Waals surface area contributed by atoms with Gasteiger partial charge in [-0.1, -0.05) is 6.07 Å². The van der Waals surface area contributed by atoms with E-state index in [9.17, 15) is 4.39 Å². The van der Waals surface area contributed by atoms with Crippen LogP contribution in [0.15, 0.2) is 30.6 Å². The normalized spacial score (nSPS) is 10.6. The molecular formula is C14H16FN3. The van der Waals surface area contributed by atoms with Crippen LogP contribution in [0.3, 0.4) is 0 Å². The second-order valence-electron chi connectivity index (χ2n) is 4.32. The van der Waals surface area contributed by atoms with E-state index in [1.54, 1.807) is 24.5 Å². The van der Waals surface area contributed by atoms with Crippen LogP contribution in [0.25, 0.3) is 0 Å². The lowest BCUT2D eigenvalue weighted by Gasteiger charge is -2.07. The standard InChI is InChI=1S/C14H16FN3/c1-10-5-13(15)4-3-12(10)7-16-8-14-9-17-11(2)6-18-14/h3-6,9,16H,7-8H2,1-2H3. The number of nitrogens with one attached hydrogen (secondary N) is 1. The molecule has 2 rings (SSSR count). The molecule has 2 aromatic rings. The zero-order valence-corrected chi connectivity index (χ0v) is 10.6. The van der Waals surface area contributed by atoms with Gasteiger partial charge in [-0.05, 0) is 37.1 Å². The first-order valence-corrected chi connectivity index (χ1v) is 5.88. The minimum Gasteiger partial charge on any atom is -0.307 e. The largest absolute Gasteiger partial charge is 0.307 e. The molecule has 1 heterocycles. The van der Waals surface area contributed by atoms with Crippen LogP contribution >= 0.6 is 0 Å². The van der Waals surface area contributed by atoms with Crippen molar-refractivity contribution in [1.82, 2.24) is 15.3 Å². The first kappa shape index (κ1) is 12.6. The Bertz CT molecular complexity index is 523. The second-order valence-corrected chi connectivity index (χ2v) is 4.32. The molecule has 0 aliphatic heterocycles. The molecule has 1 aromatic heterocycles. The van der Waals surface area contributed by atoms with Crippen LogP contribution in [0.5, 0.6) is 0 Å². The lowest BCUT2D eigenvalue weighted by atomic mass is 10.1. The van der Waals surface area contributed by atoms with Crippen LogP contribution in [0.4, 0.5) is 4.39 Å². The van der Waals surface area contributed by atoms with Gasteiger partial charge in [-0.25, -0.2) is 4.39 Å². The average molecular weight is 245 g/mol. The molecule has 94 valence electrons. The summed E-state index contributed by atoms with van der Waals surface area (Å²) in [7, 11) is 0. The zero-order valence-electron chi connectivity index (χ0n) is 10.6. The summed E-state index contributed by atoms with van der Waals surface area (Å²) in [5, 5.41) is 3.27. The summed E-state index contributed by atoms with van der Waals surface area (Å²) in [5.74, 6) is -0.194. The average Bonchev–Trinajstić information content (AvgIpc) is 2.34. The molecule has 0 spiro atoms. The van der Waals surface area contributed by atoms with Gasteiger partial charge in [-0.15, -0.1) is 0 Å². The van der Waals surface area contributed by atoms with Crippen LogP contribution < -0.4 is 5.32 Å². The molecule has 1 N–H and O–H groups in total. The predicted octanol–water partition coefficient (Wildman–Crippen LogP) is 2.52. The number of hydrogen-bond donors (Lipinski definition) is 1. The highest BCUT2D eigenvalue weighted by molar-refractivity contribution is 5.26. The first-order chi connectivity index (χ1) is 8.65. The molecule has 0 aliphatic carbocycles. The Hall–Kier alpha value is -1.81. The molecule has 0 radical (unpaired) electrons. The fourth-order valence-corrected chi connectivity index (χ4v) is 1.69. The van der Waals surface area contributed by atoms with Gasteiger partial charge in [0.05, 0.1) is 11.4 Å². The summed E-state index contributed by atoms with van der Waals surface area (Å²) in [6, 6.07) is 4.83. The van der Waals surface area contributed by atoms with Crippen molar-refractivity contribution in [2.45, 2.75) is 26.9 Å². The first-order valence-electron chi connectivity index (χ1n) is 5.88. The van der Waals surface area contributed by atoms with Gasteiger partial charge >= 0.3 is 0 Å². The quantitative estimate of drug-likeness (QED) is 0.899. The van der Waals surface area contributed by atoms with Gasteiger partial charge in [0.1, 0.15) is 5.82 Å². The summed E-state index contributed by atoms with van der Waals surface area (Å²) in [5.41, 5.74) is 3.86. The van der Waals surface area contributed by atoms with E-state index in [1.807, 2.05) is 13.8 Å². The molecule has 0 unspecified atom stereocenters. The lowest BCUT2D eigenvalue weighted by molar-refractivity contribution is 0.622. The van der Waals surface area contributed by atoms with Gasteiger partial charge in [0, 0.05) is 25.5 Å². The fraction of sp³-hybridized carbons (Fsp3) is 0.286. The number of halogens is 1. The molecule has 0 saturated heterocycles. The van der Waals surface area contributed by atoms with Gasteiger partial charge in [0.15, 0.2) is 0 Å². The van der Waals surface area contributed by atoms with Crippen molar-refractivity contribution in [1.29, 1.82) is 0 Å². The third kappa shape index (κ3) is 3.34. The van der Waals surface area contributed by atoms with E-state index in [2.05, 4.69) is 15.3 Å². The van der Waals surface area contributed by atoms with Crippen molar-refractivity contribution in [3.05, 3.63) is 58.9 Å². The highest BCUT2D eigenvalue weighted by atomic mass is 19.1. The van der Waals surface area contributed by atoms with E-state index >= 15 is 0 Å². The molecule has 0 fully saturated rings. The van der Waals surface area contributed by atoms with Gasteiger partial charge in [-0.2, -0.15) is 0 Å². The van der Waals surface area contributed by atoms with E-state index in [0.29, 0.717) is 13.1 Å². The Kier molecular flexibility index (Phi) is 3.99. The maximum absolute atomic E-state index is 12.9. The Morgan fingerprint density at radius 2 is 1.94 bits per heavy atom. The summed E-state index contributed by atoms with van der Waals surface area (Å²) in [4.78, 5) is 8.44. The second kappa shape index (κ2) is 5.69. The van der Waals surface area contributed by atoms with Crippen molar-refractivity contribution >= 4 is 0 Å². The molecule has 0 amide bonds. The predicted molar refractivity (Wildman–Crippen MR) is 68.4 cm³/mol. The topological polar surface area (TPSA) is 37.8 Å². The van der Waals surface area contributed by atoms with Crippen molar-refractivity contribution in [3.63, 3.8) is 0 Å². The van der Waals surface area contributed by atoms with Crippen LogP contribution in [0.1, 0.15) is 22.5 Å². The Balaban J connectivity index is 1.90. The van der Waals surface area contributed by atoms with Gasteiger partial charge in [0.2, 0.25) is 0 Å². The molecule has 0 atom stereocenters. The van der Waals surface area contributed by atoms with Crippen molar-refractivity contribution < 1.29 is 4.39 Å². The molecule has 3 nitrogen and oxygen atoms in total. The monoisotopic (exact) mass is 245 g/mol. The molecule has 18 heavy (non-hydrogen) atoms. The van der Waals surface area contributed by atoms with E-state index in [0.717, 1.165) is 22.5 Å². The van der Waals surface area contributed by atoms with Crippen LogP contribution in [0.2, 0.25) is 0 Å². The molecule has 0 saturated carbocycles. The highest BCUT2D eigenvalue weighted by Crippen LogP contribution is 2.09. The Morgan fingerprint density at radius 3 is 2.61 bits per heavy atom. The number of benzene rings is 1. The third-order valence-electron chi connectivity index (χ3n) is 2.76. The number of rotatable bonds is 4. The molecular weight excluding hydrogens is 229 g/mol. The minimum absolute atomic E-state index is 0.194. The maximum Gasteiger partial charge on any atom is 0.123 e. The number of aromatic nitrogens is 2. The summed E-state index contributed by atoms with van der Waals surface area (Å²) < 4.78 is 12.9. The molecule has 4 heteroatoms. The summed E-state index contributed by atoms with van der Waals surface area (Å²) in [6.07, 6.45) is 3.51. The van der Waals surface area contributed by atoms with Crippen molar-refractivity contribution in [3.8, 4) is 0 Å². The van der Waals surface area contributed by atoms with E-state index in [4.69, 9.17) is 0 Å². The van der Waals surface area contributed by atoms with Gasteiger partial charge < -0.3 is 5.32 Å². The zero-order chi connectivity index (χ0) is 13.0. The fourth-order valence-electron chi connectivity index (χ4n) is 1.69. The maximum atomic E-state index is 12.9. The smallest absolute Gasteiger partial charge is 0.123 e. The lowest BCUT2D eigenvalue weighted by Crippen LogP contribution is -2.14. The molecule has 1 aromatic carbocycles. The number of aryl methyl sites for hydroxylation is 2. The van der Waals surface area contributed by atoms with Gasteiger partial charge in [0.25, 0.3) is 0 Å². The van der Waals surface area contributed by atoms with E-state index in [-0.39, 0.29) is 5.82 Å². The third-order valence-corrected chi connectivity index (χ3v) is 2.76. The van der Waals surface area contributed by atoms with Crippen molar-refractivity contribution in [2.75, 3.05) is 0 Å². The Morgan fingerprint density at radius 1 is 1.11 bits per heavy atom. The van der Waals surface area contributed by atoms with Crippen LogP contribution in [-0.2, 0) is 13.1 Å². The van der Waals surface area contributed by atoms with E-state index < -0.39 is 0 Å². The minimum atomic E-state index is -0.194. The van der Waals surface area contributed by atoms with E-state index in [1.165, 1.54) is 6.07 Å². The molecule has 0 aliphatic rings. The highest BCUT2D eigenvalue weighted by Gasteiger charge is 2.00.